The molecule has 1 fully saturated rings. The van der Waals surface area contributed by atoms with E-state index in [4.69, 9.17) is 4.98 Å². The van der Waals surface area contributed by atoms with Crippen molar-refractivity contribution < 1.29 is 4.79 Å². The normalized spacial score (nSPS) is 14.9. The molecular weight excluding hydrogens is 380 g/mol. The summed E-state index contributed by atoms with van der Waals surface area (Å²) in [6, 6.07) is 14.4. The molecule has 0 atom stereocenters. The highest BCUT2D eigenvalue weighted by Crippen LogP contribution is 2.29. The SMILES string of the molecule is Cc1ccc(-c2nc(C)sc2CC(=O)N2CCN(Cc3ccccn3)CC2)cc1. The number of hydrogen-bond acceptors (Lipinski definition) is 5. The number of nitrogens with zero attached hydrogens (tertiary/aromatic N) is 4. The molecule has 1 aromatic carbocycles. The summed E-state index contributed by atoms with van der Waals surface area (Å²) in [6.45, 7) is 8.23. The Morgan fingerprint density at radius 2 is 1.79 bits per heavy atom. The van der Waals surface area contributed by atoms with E-state index in [1.54, 1.807) is 11.3 Å². The van der Waals surface area contributed by atoms with Gasteiger partial charge in [0.05, 0.1) is 22.8 Å². The first-order valence-electron chi connectivity index (χ1n) is 10.0. The molecule has 0 aliphatic carbocycles. The van der Waals surface area contributed by atoms with Gasteiger partial charge in [0.25, 0.3) is 0 Å². The summed E-state index contributed by atoms with van der Waals surface area (Å²) < 4.78 is 0. The summed E-state index contributed by atoms with van der Waals surface area (Å²) in [5.74, 6) is 0.194. The second-order valence-corrected chi connectivity index (χ2v) is 8.81. The molecule has 0 N–H and O–H groups in total. The molecule has 3 aromatic rings. The summed E-state index contributed by atoms with van der Waals surface area (Å²) in [5.41, 5.74) is 4.34. The standard InChI is InChI=1S/C23H26N4OS/c1-17-6-8-19(9-7-17)23-21(29-18(2)25-23)15-22(28)27-13-11-26(12-14-27)16-20-5-3-4-10-24-20/h3-10H,11-16H2,1-2H3. The van der Waals surface area contributed by atoms with Crippen LogP contribution >= 0.6 is 11.3 Å². The van der Waals surface area contributed by atoms with E-state index in [2.05, 4.69) is 47.1 Å². The van der Waals surface area contributed by atoms with Crippen LogP contribution in [0.1, 0.15) is 21.1 Å². The van der Waals surface area contributed by atoms with E-state index < -0.39 is 0 Å². The lowest BCUT2D eigenvalue weighted by molar-refractivity contribution is -0.132. The number of aryl methyl sites for hydroxylation is 2. The number of thiazole rings is 1. The fourth-order valence-electron chi connectivity index (χ4n) is 3.65. The molecule has 29 heavy (non-hydrogen) atoms. The number of amides is 1. The molecule has 0 spiro atoms. The van der Waals surface area contributed by atoms with Gasteiger partial charge in [-0.2, -0.15) is 0 Å². The van der Waals surface area contributed by atoms with Crippen LogP contribution in [-0.2, 0) is 17.8 Å². The van der Waals surface area contributed by atoms with Gasteiger partial charge in [-0.25, -0.2) is 4.98 Å². The fraction of sp³-hybridized carbons (Fsp3) is 0.348. The van der Waals surface area contributed by atoms with E-state index in [0.29, 0.717) is 6.42 Å². The fourth-order valence-corrected chi connectivity index (χ4v) is 4.60. The Balaban J connectivity index is 1.37. The monoisotopic (exact) mass is 406 g/mol. The van der Waals surface area contributed by atoms with Crippen molar-refractivity contribution in [3.63, 3.8) is 0 Å². The van der Waals surface area contributed by atoms with Crippen LogP contribution in [0.5, 0.6) is 0 Å². The molecule has 4 rings (SSSR count). The molecular formula is C23H26N4OS. The lowest BCUT2D eigenvalue weighted by Gasteiger charge is -2.34. The van der Waals surface area contributed by atoms with E-state index in [1.165, 1.54) is 5.56 Å². The lowest BCUT2D eigenvalue weighted by Crippen LogP contribution is -2.48. The van der Waals surface area contributed by atoms with Crippen molar-refractivity contribution in [2.45, 2.75) is 26.8 Å². The highest BCUT2D eigenvalue weighted by Gasteiger charge is 2.23. The third-order valence-electron chi connectivity index (χ3n) is 5.28. The van der Waals surface area contributed by atoms with Crippen molar-refractivity contribution in [2.75, 3.05) is 26.2 Å². The van der Waals surface area contributed by atoms with Gasteiger partial charge in [-0.15, -0.1) is 11.3 Å². The first-order valence-corrected chi connectivity index (χ1v) is 10.8. The van der Waals surface area contributed by atoms with Gasteiger partial charge in [-0.1, -0.05) is 35.9 Å². The maximum atomic E-state index is 13.0. The van der Waals surface area contributed by atoms with Crippen molar-refractivity contribution in [1.82, 2.24) is 19.8 Å². The minimum Gasteiger partial charge on any atom is -0.340 e. The summed E-state index contributed by atoms with van der Waals surface area (Å²) >= 11 is 1.63. The van der Waals surface area contributed by atoms with Crippen LogP contribution in [0, 0.1) is 13.8 Å². The molecule has 0 bridgehead atoms. The van der Waals surface area contributed by atoms with Gasteiger partial charge in [0.1, 0.15) is 0 Å². The largest absolute Gasteiger partial charge is 0.340 e. The predicted octanol–water partition coefficient (Wildman–Crippen LogP) is 3.71. The van der Waals surface area contributed by atoms with Gasteiger partial charge in [-0.05, 0) is 26.0 Å². The number of piperazine rings is 1. The third kappa shape index (κ3) is 4.89. The van der Waals surface area contributed by atoms with E-state index >= 15 is 0 Å². The van der Waals surface area contributed by atoms with Gasteiger partial charge in [-0.3, -0.25) is 14.7 Å². The molecule has 1 aliphatic heterocycles. The summed E-state index contributed by atoms with van der Waals surface area (Å²) in [5, 5.41) is 1.00. The Kier molecular flexibility index (Phi) is 6.02. The summed E-state index contributed by atoms with van der Waals surface area (Å²) in [4.78, 5) is 27.5. The Morgan fingerprint density at radius 1 is 1.03 bits per heavy atom. The molecule has 1 saturated heterocycles. The van der Waals surface area contributed by atoms with Crippen molar-refractivity contribution in [3.05, 3.63) is 69.8 Å². The Labute approximate surface area is 176 Å². The summed E-state index contributed by atoms with van der Waals surface area (Å²) in [7, 11) is 0. The zero-order valence-electron chi connectivity index (χ0n) is 17.0. The number of pyridine rings is 1. The number of carbonyl (C=O) groups excluding carboxylic acids is 1. The van der Waals surface area contributed by atoms with Crippen molar-refractivity contribution in [1.29, 1.82) is 0 Å². The highest BCUT2D eigenvalue weighted by atomic mass is 32.1. The molecule has 2 aromatic heterocycles. The second-order valence-electron chi connectivity index (χ2n) is 7.53. The van der Waals surface area contributed by atoms with Crippen LogP contribution in [0.4, 0.5) is 0 Å². The first kappa shape index (κ1) is 19.7. The van der Waals surface area contributed by atoms with E-state index in [0.717, 1.165) is 59.6 Å². The minimum absolute atomic E-state index is 0.194. The van der Waals surface area contributed by atoms with Crippen molar-refractivity contribution >= 4 is 17.2 Å². The Hall–Kier alpha value is -2.57. The molecule has 0 radical (unpaired) electrons. The number of benzene rings is 1. The Morgan fingerprint density at radius 3 is 2.48 bits per heavy atom. The van der Waals surface area contributed by atoms with Crippen LogP contribution < -0.4 is 0 Å². The van der Waals surface area contributed by atoms with Crippen molar-refractivity contribution in [3.8, 4) is 11.3 Å². The quantitative estimate of drug-likeness (QED) is 0.648. The average molecular weight is 407 g/mol. The number of aromatic nitrogens is 2. The number of hydrogen-bond donors (Lipinski definition) is 0. The molecule has 1 amide bonds. The zero-order chi connectivity index (χ0) is 20.2. The first-order chi connectivity index (χ1) is 14.1. The van der Waals surface area contributed by atoms with Crippen LogP contribution in [0.3, 0.4) is 0 Å². The van der Waals surface area contributed by atoms with Crippen LogP contribution in [0.15, 0.2) is 48.7 Å². The van der Waals surface area contributed by atoms with E-state index in [1.807, 2.05) is 30.2 Å². The van der Waals surface area contributed by atoms with Gasteiger partial charge in [0.15, 0.2) is 0 Å². The number of carbonyl (C=O) groups is 1. The topological polar surface area (TPSA) is 49.3 Å². The number of rotatable bonds is 5. The van der Waals surface area contributed by atoms with E-state index in [-0.39, 0.29) is 5.91 Å². The van der Waals surface area contributed by atoms with Gasteiger partial charge >= 0.3 is 0 Å². The third-order valence-corrected chi connectivity index (χ3v) is 6.25. The van der Waals surface area contributed by atoms with E-state index in [9.17, 15) is 4.79 Å². The van der Waals surface area contributed by atoms with Gasteiger partial charge in [0.2, 0.25) is 5.91 Å². The average Bonchev–Trinajstić information content (AvgIpc) is 3.10. The molecule has 150 valence electrons. The molecule has 6 heteroatoms. The molecule has 3 heterocycles. The summed E-state index contributed by atoms with van der Waals surface area (Å²) in [6.07, 6.45) is 2.26. The maximum absolute atomic E-state index is 13.0. The smallest absolute Gasteiger partial charge is 0.227 e. The van der Waals surface area contributed by atoms with Crippen molar-refractivity contribution in [2.24, 2.45) is 0 Å². The van der Waals surface area contributed by atoms with Crippen LogP contribution in [0.2, 0.25) is 0 Å². The molecule has 0 saturated carbocycles. The lowest BCUT2D eigenvalue weighted by atomic mass is 10.1. The molecule has 5 nitrogen and oxygen atoms in total. The maximum Gasteiger partial charge on any atom is 0.227 e. The predicted molar refractivity (Wildman–Crippen MR) is 117 cm³/mol. The minimum atomic E-state index is 0.194. The zero-order valence-corrected chi connectivity index (χ0v) is 17.8. The highest BCUT2D eigenvalue weighted by molar-refractivity contribution is 7.12. The van der Waals surface area contributed by atoms with Gasteiger partial charge < -0.3 is 4.90 Å². The Bertz CT molecular complexity index is 960. The molecule has 1 aliphatic rings. The van der Waals surface area contributed by atoms with Crippen LogP contribution in [-0.4, -0.2) is 51.9 Å². The second kappa shape index (κ2) is 8.84. The molecule has 0 unspecified atom stereocenters. The van der Waals surface area contributed by atoms with Gasteiger partial charge in [0, 0.05) is 49.4 Å². The van der Waals surface area contributed by atoms with Crippen LogP contribution in [0.25, 0.3) is 11.3 Å².